The van der Waals surface area contributed by atoms with Gasteiger partial charge < -0.3 is 9.32 Å². The molecular weight excluding hydrogens is 727 g/mol. The Labute approximate surface area is 348 Å². The maximum atomic E-state index is 6.45. The van der Waals surface area contributed by atoms with E-state index in [-0.39, 0.29) is 0 Å². The monoisotopic (exact) mass is 765 g/mol. The van der Waals surface area contributed by atoms with Gasteiger partial charge in [-0.2, -0.15) is 0 Å². The first-order chi connectivity index (χ1) is 29.7. The van der Waals surface area contributed by atoms with Crippen LogP contribution < -0.4 is 4.90 Å². The van der Waals surface area contributed by atoms with Gasteiger partial charge in [-0.15, -0.1) is 0 Å². The van der Waals surface area contributed by atoms with Crippen LogP contribution in [-0.4, -0.2) is 0 Å². The summed E-state index contributed by atoms with van der Waals surface area (Å²) in [5, 5.41) is 12.2. The van der Waals surface area contributed by atoms with Crippen LogP contribution >= 0.6 is 0 Å². The molecule has 11 aromatic rings. The Morgan fingerprint density at radius 3 is 1.85 bits per heavy atom. The van der Waals surface area contributed by atoms with Crippen LogP contribution in [0, 0.1) is 0 Å². The van der Waals surface area contributed by atoms with Gasteiger partial charge in [0.25, 0.3) is 0 Å². The summed E-state index contributed by atoms with van der Waals surface area (Å²) < 4.78 is 6.45. The van der Waals surface area contributed by atoms with Gasteiger partial charge in [0.15, 0.2) is 0 Å². The predicted octanol–water partition coefficient (Wildman–Crippen LogP) is 16.4. The van der Waals surface area contributed by atoms with Crippen LogP contribution in [0.15, 0.2) is 222 Å². The molecule has 1 heterocycles. The summed E-state index contributed by atoms with van der Waals surface area (Å²) in [6.45, 7) is 0. The van der Waals surface area contributed by atoms with Crippen molar-refractivity contribution in [1.29, 1.82) is 0 Å². The molecule has 10 aromatic carbocycles. The lowest BCUT2D eigenvalue weighted by Crippen LogP contribution is -2.19. The molecule has 2 nitrogen and oxygen atoms in total. The quantitative estimate of drug-likeness (QED) is 0.157. The number of hydrogen-bond acceptors (Lipinski definition) is 2. The number of benzene rings is 10. The zero-order valence-electron chi connectivity index (χ0n) is 33.0. The molecule has 0 N–H and O–H groups in total. The average molecular weight is 766 g/mol. The topological polar surface area (TPSA) is 16.4 Å². The highest BCUT2D eigenvalue weighted by Gasteiger charge is 2.23. The third-order valence-electron chi connectivity index (χ3n) is 12.5. The molecule has 1 aromatic heterocycles. The summed E-state index contributed by atoms with van der Waals surface area (Å²) in [7, 11) is 0. The molecule has 0 unspecified atom stereocenters. The van der Waals surface area contributed by atoms with Gasteiger partial charge in [0.2, 0.25) is 0 Å². The van der Waals surface area contributed by atoms with Crippen LogP contribution in [0.5, 0.6) is 0 Å². The van der Waals surface area contributed by atoms with Gasteiger partial charge in [-0.1, -0.05) is 158 Å². The average Bonchev–Trinajstić information content (AvgIpc) is 3.67. The van der Waals surface area contributed by atoms with Crippen molar-refractivity contribution < 1.29 is 4.42 Å². The maximum absolute atomic E-state index is 6.45. The van der Waals surface area contributed by atoms with E-state index in [2.05, 4.69) is 217 Å². The largest absolute Gasteiger partial charge is 0.456 e. The second-order valence-corrected chi connectivity index (χ2v) is 16.0. The fraction of sp³-hybridized carbons (Fsp3) is 0.0345. The summed E-state index contributed by atoms with van der Waals surface area (Å²) in [5.41, 5.74) is 12.6. The number of furan rings is 1. The van der Waals surface area contributed by atoms with Gasteiger partial charge in [0.1, 0.15) is 11.2 Å². The lowest BCUT2D eigenvalue weighted by atomic mass is 9.92. The maximum Gasteiger partial charge on any atom is 0.136 e. The first-order valence-corrected chi connectivity index (χ1v) is 20.9. The number of fused-ring (bicyclic) bond motifs is 8. The molecule has 1 aliphatic carbocycles. The van der Waals surface area contributed by atoms with Gasteiger partial charge in [-0.05, 0) is 133 Å². The second-order valence-electron chi connectivity index (χ2n) is 16.0. The third-order valence-corrected chi connectivity index (χ3v) is 12.5. The molecule has 0 radical (unpaired) electrons. The van der Waals surface area contributed by atoms with E-state index in [0.29, 0.717) is 0 Å². The standard InChI is InChI=1S/C58H39NO/c1-2-13-41-34-46(24-23-38(41)11-1)43-17-9-16-42(33-43)39-25-29-48(30-26-39)59(56-22-10-20-51-49-18-6-5-12-40(49)27-31-52(51)56)55-21-8-7-19-50(55)47-28-32-57-53(36-47)54-35-44-14-3-4-15-45(44)37-58(54)60-57/h1-7,9-20,22-37H,8,21H2. The Balaban J connectivity index is 1.01. The molecule has 1 aliphatic rings. The van der Waals surface area contributed by atoms with Gasteiger partial charge >= 0.3 is 0 Å². The Morgan fingerprint density at radius 2 is 1.00 bits per heavy atom. The highest BCUT2D eigenvalue weighted by molar-refractivity contribution is 6.13. The number of rotatable bonds is 6. The van der Waals surface area contributed by atoms with Crippen molar-refractivity contribution in [2.45, 2.75) is 12.8 Å². The first-order valence-electron chi connectivity index (χ1n) is 20.9. The Kier molecular flexibility index (Phi) is 8.02. The summed E-state index contributed by atoms with van der Waals surface area (Å²) in [5.74, 6) is 0. The van der Waals surface area contributed by atoms with Crippen molar-refractivity contribution >= 4 is 82.0 Å². The molecular formula is C58H39NO. The van der Waals surface area contributed by atoms with Crippen LogP contribution in [0.4, 0.5) is 11.4 Å². The van der Waals surface area contributed by atoms with Crippen LogP contribution in [0.3, 0.4) is 0 Å². The lowest BCUT2D eigenvalue weighted by molar-refractivity contribution is 0.669. The zero-order valence-corrected chi connectivity index (χ0v) is 33.0. The van der Waals surface area contributed by atoms with Gasteiger partial charge in [-0.3, -0.25) is 0 Å². The summed E-state index contributed by atoms with van der Waals surface area (Å²) in [4.78, 5) is 2.52. The van der Waals surface area contributed by atoms with E-state index in [9.17, 15) is 0 Å². The molecule has 2 heteroatoms. The zero-order chi connectivity index (χ0) is 39.6. The molecule has 60 heavy (non-hydrogen) atoms. The van der Waals surface area contributed by atoms with Crippen molar-refractivity contribution in [3.8, 4) is 22.3 Å². The summed E-state index contributed by atoms with van der Waals surface area (Å²) >= 11 is 0. The van der Waals surface area contributed by atoms with E-state index >= 15 is 0 Å². The molecule has 0 saturated carbocycles. The molecule has 0 amide bonds. The number of nitrogens with zero attached hydrogens (tertiary/aromatic N) is 1. The highest BCUT2D eigenvalue weighted by atomic mass is 16.3. The summed E-state index contributed by atoms with van der Waals surface area (Å²) in [6.07, 6.45) is 6.52. The molecule has 0 spiro atoms. The molecule has 282 valence electrons. The summed E-state index contributed by atoms with van der Waals surface area (Å²) in [6, 6.07) is 73.2. The number of anilines is 2. The van der Waals surface area contributed by atoms with Crippen molar-refractivity contribution in [3.63, 3.8) is 0 Å². The molecule has 12 rings (SSSR count). The van der Waals surface area contributed by atoms with E-state index < -0.39 is 0 Å². The van der Waals surface area contributed by atoms with Crippen molar-refractivity contribution in [3.05, 3.63) is 224 Å². The molecule has 0 bridgehead atoms. The first kappa shape index (κ1) is 34.4. The van der Waals surface area contributed by atoms with E-state index in [1.165, 1.54) is 87.9 Å². The van der Waals surface area contributed by atoms with E-state index in [1.807, 2.05) is 0 Å². The highest BCUT2D eigenvalue weighted by Crippen LogP contribution is 2.44. The molecule has 0 aliphatic heterocycles. The van der Waals surface area contributed by atoms with Crippen molar-refractivity contribution in [1.82, 2.24) is 0 Å². The van der Waals surface area contributed by atoms with Crippen LogP contribution in [0.2, 0.25) is 0 Å². The third kappa shape index (κ3) is 5.80. The number of hydrogen-bond donors (Lipinski definition) is 0. The smallest absolute Gasteiger partial charge is 0.136 e. The molecule has 0 saturated heterocycles. The van der Waals surface area contributed by atoms with Gasteiger partial charge in [-0.25, -0.2) is 0 Å². The molecule has 0 atom stereocenters. The minimum Gasteiger partial charge on any atom is -0.456 e. The van der Waals surface area contributed by atoms with E-state index in [4.69, 9.17) is 4.42 Å². The van der Waals surface area contributed by atoms with Gasteiger partial charge in [0, 0.05) is 33.1 Å². The Bertz CT molecular complexity index is 3550. The SMILES string of the molecule is C1=CC(c2ccc3oc4cc5ccccc5cc4c3c2)=C(N(c2ccc(-c3cccc(-c4ccc5ccccc5c4)c3)cc2)c2cccc3c2ccc2ccccc23)CC1. The fourth-order valence-electron chi connectivity index (χ4n) is 9.49. The van der Waals surface area contributed by atoms with Crippen molar-refractivity contribution in [2.24, 2.45) is 0 Å². The van der Waals surface area contributed by atoms with Crippen LogP contribution in [-0.2, 0) is 0 Å². The van der Waals surface area contributed by atoms with E-state index in [1.54, 1.807) is 0 Å². The second kappa shape index (κ2) is 14.0. The van der Waals surface area contributed by atoms with Gasteiger partial charge in [0.05, 0.1) is 5.69 Å². The van der Waals surface area contributed by atoms with E-state index in [0.717, 1.165) is 40.5 Å². The Hall–Kier alpha value is -7.68. The minimum atomic E-state index is 0.903. The van der Waals surface area contributed by atoms with Crippen molar-refractivity contribution in [2.75, 3.05) is 4.90 Å². The Morgan fingerprint density at radius 1 is 0.367 bits per heavy atom. The minimum absolute atomic E-state index is 0.903. The predicted molar refractivity (Wildman–Crippen MR) is 255 cm³/mol. The fourth-order valence-corrected chi connectivity index (χ4v) is 9.49. The van der Waals surface area contributed by atoms with Crippen LogP contribution in [0.25, 0.3) is 92.9 Å². The number of allylic oxidation sites excluding steroid dienone is 4. The van der Waals surface area contributed by atoms with Crippen LogP contribution in [0.1, 0.15) is 18.4 Å². The normalized spacial score (nSPS) is 13.1. The molecule has 0 fully saturated rings. The lowest BCUT2D eigenvalue weighted by Gasteiger charge is -2.32.